The minimum absolute atomic E-state index is 0.0652. The summed E-state index contributed by atoms with van der Waals surface area (Å²) in [6.45, 7) is 6.66. The third kappa shape index (κ3) is 53.0. The van der Waals surface area contributed by atoms with Crippen molar-refractivity contribution in [3.8, 4) is 0 Å². The largest absolute Gasteiger partial charge is 0.462 e. The molecule has 0 aromatic rings. The fraction of sp³-hybridized carbons (Fsp3) is 0.915. The zero-order valence-electron chi connectivity index (χ0n) is 44.0. The van der Waals surface area contributed by atoms with Crippen LogP contribution in [0.2, 0.25) is 0 Å². The highest BCUT2D eigenvalue weighted by Gasteiger charge is 2.19. The van der Waals surface area contributed by atoms with Crippen LogP contribution in [0.5, 0.6) is 0 Å². The Bertz CT molecular complexity index is 1010. The van der Waals surface area contributed by atoms with Gasteiger partial charge in [0.25, 0.3) is 0 Å². The van der Waals surface area contributed by atoms with Crippen molar-refractivity contribution in [2.45, 2.75) is 335 Å². The van der Waals surface area contributed by atoms with Crippen molar-refractivity contribution in [3.05, 3.63) is 12.2 Å². The van der Waals surface area contributed by atoms with Crippen LogP contribution in [-0.2, 0) is 28.6 Å². The summed E-state index contributed by atoms with van der Waals surface area (Å²) in [7, 11) is 0. The van der Waals surface area contributed by atoms with Crippen molar-refractivity contribution < 1.29 is 28.6 Å². The van der Waals surface area contributed by atoms with Crippen LogP contribution < -0.4 is 0 Å². The van der Waals surface area contributed by atoms with Gasteiger partial charge in [0.05, 0.1) is 0 Å². The van der Waals surface area contributed by atoms with E-state index in [1.165, 1.54) is 231 Å². The van der Waals surface area contributed by atoms with Crippen LogP contribution in [0.4, 0.5) is 0 Å². The van der Waals surface area contributed by atoms with Crippen LogP contribution in [-0.4, -0.2) is 37.2 Å². The summed E-state index contributed by atoms with van der Waals surface area (Å²) in [5.41, 5.74) is 0. The number of unbranched alkanes of at least 4 members (excludes halogenated alkanes) is 41. The highest BCUT2D eigenvalue weighted by Crippen LogP contribution is 2.17. The predicted molar refractivity (Wildman–Crippen MR) is 280 cm³/mol. The molecule has 0 aliphatic carbocycles. The van der Waals surface area contributed by atoms with E-state index in [-0.39, 0.29) is 31.1 Å². The van der Waals surface area contributed by atoms with Gasteiger partial charge in [0.15, 0.2) is 6.10 Å². The molecule has 6 nitrogen and oxygen atoms in total. The van der Waals surface area contributed by atoms with E-state index in [9.17, 15) is 14.4 Å². The molecule has 0 bridgehead atoms. The fourth-order valence-corrected chi connectivity index (χ4v) is 8.85. The summed E-state index contributed by atoms with van der Waals surface area (Å²) >= 11 is 0. The molecule has 1 unspecified atom stereocenters. The molecule has 0 aromatic heterocycles. The lowest BCUT2D eigenvalue weighted by molar-refractivity contribution is -0.167. The normalized spacial score (nSPS) is 12.0. The Morgan fingerprint density at radius 2 is 0.508 bits per heavy atom. The second-order valence-corrected chi connectivity index (χ2v) is 19.9. The van der Waals surface area contributed by atoms with E-state index >= 15 is 0 Å². The fourth-order valence-electron chi connectivity index (χ4n) is 8.85. The number of carbonyl (C=O) groups is 3. The Kier molecular flexibility index (Phi) is 53.2. The quantitative estimate of drug-likeness (QED) is 0.0262. The van der Waals surface area contributed by atoms with E-state index in [1.54, 1.807) is 0 Å². The molecule has 0 heterocycles. The molecule has 0 amide bonds. The molecule has 0 N–H and O–H groups in total. The lowest BCUT2D eigenvalue weighted by atomic mass is 10.0. The number of esters is 3. The smallest absolute Gasteiger partial charge is 0.306 e. The molecular formula is C59H112O6. The minimum atomic E-state index is -0.764. The molecule has 1 atom stereocenters. The summed E-state index contributed by atoms with van der Waals surface area (Å²) in [5, 5.41) is 0. The lowest BCUT2D eigenvalue weighted by Crippen LogP contribution is -2.30. The molecule has 0 saturated carbocycles. The molecule has 6 heteroatoms. The van der Waals surface area contributed by atoms with Gasteiger partial charge in [-0.3, -0.25) is 14.4 Å². The van der Waals surface area contributed by atoms with Gasteiger partial charge >= 0.3 is 17.9 Å². The third-order valence-corrected chi connectivity index (χ3v) is 13.3. The third-order valence-electron chi connectivity index (χ3n) is 13.3. The lowest BCUT2D eigenvalue weighted by Gasteiger charge is -2.18. The van der Waals surface area contributed by atoms with Crippen LogP contribution in [0.3, 0.4) is 0 Å². The van der Waals surface area contributed by atoms with Crippen LogP contribution >= 0.6 is 0 Å². The van der Waals surface area contributed by atoms with Gasteiger partial charge in [-0.2, -0.15) is 0 Å². The molecule has 0 aromatic carbocycles. The van der Waals surface area contributed by atoms with Crippen LogP contribution in [0.15, 0.2) is 12.2 Å². The molecule has 0 aliphatic rings. The van der Waals surface area contributed by atoms with E-state index in [4.69, 9.17) is 14.2 Å². The maximum Gasteiger partial charge on any atom is 0.306 e. The number of carbonyl (C=O) groups excluding carboxylic acids is 3. The van der Waals surface area contributed by atoms with Crippen molar-refractivity contribution in [1.82, 2.24) is 0 Å². The molecule has 384 valence electrons. The topological polar surface area (TPSA) is 78.9 Å². The molecule has 65 heavy (non-hydrogen) atoms. The maximum atomic E-state index is 12.8. The van der Waals surface area contributed by atoms with Gasteiger partial charge in [0, 0.05) is 19.3 Å². The van der Waals surface area contributed by atoms with Gasteiger partial charge in [-0.05, 0) is 44.9 Å². The number of hydrogen-bond donors (Lipinski definition) is 0. The Hall–Kier alpha value is -1.85. The molecule has 0 rings (SSSR count). The first-order valence-corrected chi connectivity index (χ1v) is 29.2. The van der Waals surface area contributed by atoms with E-state index in [0.29, 0.717) is 19.3 Å². The van der Waals surface area contributed by atoms with Crippen molar-refractivity contribution >= 4 is 17.9 Å². The minimum Gasteiger partial charge on any atom is -0.462 e. The van der Waals surface area contributed by atoms with E-state index in [1.807, 2.05) is 0 Å². The monoisotopic (exact) mass is 917 g/mol. The molecule has 0 aliphatic heterocycles. The highest BCUT2D eigenvalue weighted by atomic mass is 16.6. The van der Waals surface area contributed by atoms with Gasteiger partial charge in [0.2, 0.25) is 0 Å². The van der Waals surface area contributed by atoms with Crippen molar-refractivity contribution in [3.63, 3.8) is 0 Å². The van der Waals surface area contributed by atoms with Gasteiger partial charge < -0.3 is 14.2 Å². The maximum absolute atomic E-state index is 12.8. The summed E-state index contributed by atoms with van der Waals surface area (Å²) in [6, 6.07) is 0. The molecular weight excluding hydrogens is 805 g/mol. The van der Waals surface area contributed by atoms with Gasteiger partial charge in [-0.1, -0.05) is 277 Å². The van der Waals surface area contributed by atoms with Crippen molar-refractivity contribution in [2.75, 3.05) is 13.2 Å². The average Bonchev–Trinajstić information content (AvgIpc) is 3.30. The zero-order valence-corrected chi connectivity index (χ0v) is 44.0. The molecule has 0 radical (unpaired) electrons. The summed E-state index contributed by atoms with van der Waals surface area (Å²) < 4.78 is 16.8. The van der Waals surface area contributed by atoms with Crippen LogP contribution in [0.1, 0.15) is 329 Å². The zero-order chi connectivity index (χ0) is 47.2. The predicted octanol–water partition coefficient (Wildman–Crippen LogP) is 19.3. The standard InChI is InChI=1S/C59H112O6/c1-4-7-10-13-16-19-21-23-25-27-29-31-32-34-36-38-40-43-46-49-52-58(61)64-55-56(54-63-57(60)51-48-45-42-18-15-12-9-6-3)65-59(62)53-50-47-44-41-39-37-35-33-30-28-26-24-22-20-17-14-11-8-5-2/h24,26,56H,4-23,25,27-55H2,1-3H3/b26-24-. The summed E-state index contributed by atoms with van der Waals surface area (Å²) in [4.78, 5) is 38.0. The molecule has 0 spiro atoms. The van der Waals surface area contributed by atoms with Crippen LogP contribution in [0.25, 0.3) is 0 Å². The first kappa shape index (κ1) is 63.1. The first-order valence-electron chi connectivity index (χ1n) is 29.2. The van der Waals surface area contributed by atoms with E-state index in [2.05, 4.69) is 32.9 Å². The van der Waals surface area contributed by atoms with E-state index < -0.39 is 6.10 Å². The number of hydrogen-bond acceptors (Lipinski definition) is 6. The number of rotatable bonds is 54. The van der Waals surface area contributed by atoms with Gasteiger partial charge in [-0.15, -0.1) is 0 Å². The second-order valence-electron chi connectivity index (χ2n) is 19.9. The van der Waals surface area contributed by atoms with Crippen LogP contribution in [0, 0.1) is 0 Å². The molecule has 0 fully saturated rings. The Labute approximate surface area is 405 Å². The van der Waals surface area contributed by atoms with E-state index in [0.717, 1.165) is 57.8 Å². The average molecular weight is 918 g/mol. The highest BCUT2D eigenvalue weighted by molar-refractivity contribution is 5.71. The summed E-state index contributed by atoms with van der Waals surface area (Å²) in [5.74, 6) is -0.849. The van der Waals surface area contributed by atoms with Crippen molar-refractivity contribution in [2.24, 2.45) is 0 Å². The van der Waals surface area contributed by atoms with Gasteiger partial charge in [-0.25, -0.2) is 0 Å². The summed E-state index contributed by atoms with van der Waals surface area (Å²) in [6.07, 6.45) is 62.2. The number of ether oxygens (including phenoxy) is 3. The Morgan fingerprint density at radius 3 is 0.769 bits per heavy atom. The Balaban J connectivity index is 4.17. The first-order chi connectivity index (χ1) is 32.0. The SMILES string of the molecule is CCCCCCCC/C=C\CCCCCCCCCCCC(=O)OC(COC(=O)CCCCCCCCCC)COC(=O)CCCCCCCCCCCCCCCCCCCCCC. The Morgan fingerprint density at radius 1 is 0.292 bits per heavy atom. The van der Waals surface area contributed by atoms with Crippen molar-refractivity contribution in [1.29, 1.82) is 0 Å². The number of allylic oxidation sites excluding steroid dienone is 2. The second kappa shape index (κ2) is 54.8. The molecule has 0 saturated heterocycles. The van der Waals surface area contributed by atoms with Gasteiger partial charge in [0.1, 0.15) is 13.2 Å².